The van der Waals surface area contributed by atoms with Crippen LogP contribution in [-0.4, -0.2) is 9.19 Å². The van der Waals surface area contributed by atoms with Crippen molar-refractivity contribution in [1.29, 1.82) is 0 Å². The van der Waals surface area contributed by atoms with E-state index in [9.17, 15) is 4.21 Å². The third-order valence-corrected chi connectivity index (χ3v) is 6.76. The first kappa shape index (κ1) is 16.0. The second-order valence-corrected chi connectivity index (χ2v) is 8.45. The third-order valence-electron chi connectivity index (χ3n) is 3.15. The summed E-state index contributed by atoms with van der Waals surface area (Å²) in [6, 6.07) is 5.39. The molecule has 0 bridgehead atoms. The van der Waals surface area contributed by atoms with Gasteiger partial charge in [0, 0.05) is 15.7 Å². The molecule has 1 aromatic heterocycles. The van der Waals surface area contributed by atoms with E-state index in [0.29, 0.717) is 15.8 Å². The molecule has 1 heterocycles. The first-order valence-corrected chi connectivity index (χ1v) is 9.09. The molecule has 2 nitrogen and oxygen atoms in total. The van der Waals surface area contributed by atoms with Crippen molar-refractivity contribution in [3.63, 3.8) is 0 Å². The van der Waals surface area contributed by atoms with Crippen molar-refractivity contribution in [3.05, 3.63) is 49.4 Å². The predicted octanol–water partition coefficient (Wildman–Crippen LogP) is 5.08. The zero-order valence-electron chi connectivity index (χ0n) is 11.4. The number of aryl methyl sites for hydroxylation is 2. The Bertz CT molecular complexity index is 635. The van der Waals surface area contributed by atoms with Crippen molar-refractivity contribution >= 4 is 45.3 Å². The average molecular weight is 348 g/mol. The van der Waals surface area contributed by atoms with E-state index in [1.165, 1.54) is 4.88 Å². The van der Waals surface area contributed by atoms with Crippen molar-refractivity contribution in [3.8, 4) is 0 Å². The van der Waals surface area contributed by atoms with Gasteiger partial charge in [0.1, 0.15) is 5.01 Å². The summed E-state index contributed by atoms with van der Waals surface area (Å²) in [6.45, 7) is 5.94. The van der Waals surface area contributed by atoms with E-state index in [0.717, 1.165) is 16.3 Å². The average Bonchev–Trinajstić information content (AvgIpc) is 2.70. The van der Waals surface area contributed by atoms with Crippen LogP contribution in [0.5, 0.6) is 0 Å². The molecule has 2 atom stereocenters. The first-order valence-electron chi connectivity index (χ1n) is 6.13. The molecule has 0 amide bonds. The Labute approximate surface area is 135 Å². The lowest BCUT2D eigenvalue weighted by Gasteiger charge is -2.11. The maximum absolute atomic E-state index is 12.4. The Balaban J connectivity index is 2.13. The van der Waals surface area contributed by atoms with Crippen molar-refractivity contribution < 1.29 is 4.21 Å². The fraction of sp³-hybridized carbons (Fsp3) is 0.357. The maximum atomic E-state index is 12.4. The molecule has 0 radical (unpaired) electrons. The fourth-order valence-corrected chi connectivity index (χ4v) is 4.39. The number of hydrogen-bond acceptors (Lipinski definition) is 3. The van der Waals surface area contributed by atoms with Crippen LogP contribution in [0.15, 0.2) is 18.2 Å². The number of hydrogen-bond donors (Lipinski definition) is 0. The van der Waals surface area contributed by atoms with Crippen molar-refractivity contribution in [2.75, 3.05) is 0 Å². The highest BCUT2D eigenvalue weighted by Gasteiger charge is 2.17. The quantitative estimate of drug-likeness (QED) is 0.771. The van der Waals surface area contributed by atoms with E-state index in [4.69, 9.17) is 23.2 Å². The van der Waals surface area contributed by atoms with Gasteiger partial charge in [-0.3, -0.25) is 4.21 Å². The highest BCUT2D eigenvalue weighted by molar-refractivity contribution is 7.84. The number of nitrogens with zero attached hydrogens (tertiary/aromatic N) is 1. The monoisotopic (exact) mass is 347 g/mol. The highest BCUT2D eigenvalue weighted by atomic mass is 35.5. The van der Waals surface area contributed by atoms with Gasteiger partial charge in [-0.2, -0.15) is 0 Å². The minimum atomic E-state index is -1.03. The zero-order valence-corrected chi connectivity index (χ0v) is 14.6. The van der Waals surface area contributed by atoms with Gasteiger partial charge < -0.3 is 0 Å². The number of aromatic nitrogens is 1. The van der Waals surface area contributed by atoms with E-state index in [-0.39, 0.29) is 5.25 Å². The molecule has 6 heteroatoms. The molecular weight excluding hydrogens is 333 g/mol. The second-order valence-electron chi connectivity index (χ2n) is 4.59. The molecule has 0 unspecified atom stereocenters. The molecule has 0 N–H and O–H groups in total. The van der Waals surface area contributed by atoms with Gasteiger partial charge >= 0.3 is 0 Å². The molecule has 2 rings (SSSR count). The SMILES string of the molecule is Cc1nc(C[S@](=O)[C@H](C)c2ccc(Cl)c(Cl)c2)sc1C. The summed E-state index contributed by atoms with van der Waals surface area (Å²) in [4.78, 5) is 5.62. The summed E-state index contributed by atoms with van der Waals surface area (Å²) in [6.07, 6.45) is 0. The van der Waals surface area contributed by atoms with E-state index < -0.39 is 10.8 Å². The van der Waals surface area contributed by atoms with Crippen LogP contribution >= 0.6 is 34.5 Å². The lowest BCUT2D eigenvalue weighted by atomic mass is 10.2. The number of rotatable bonds is 4. The molecule has 0 aliphatic carbocycles. The summed E-state index contributed by atoms with van der Waals surface area (Å²) >= 11 is 13.5. The standard InChI is InChI=1S/C14H15Cl2NOS2/c1-8-9(2)19-14(17-8)7-20(18)10(3)11-4-5-12(15)13(16)6-11/h4-6,10H,7H2,1-3H3/t10-,20+/m1/s1. The maximum Gasteiger partial charge on any atom is 0.106 e. The zero-order chi connectivity index (χ0) is 14.9. The van der Waals surface area contributed by atoms with E-state index in [2.05, 4.69) is 4.98 Å². The molecule has 108 valence electrons. The molecule has 2 aromatic rings. The minimum absolute atomic E-state index is 0.103. The molecule has 0 aliphatic rings. The Kier molecular flexibility index (Phi) is 5.24. The molecule has 0 aliphatic heterocycles. The minimum Gasteiger partial charge on any atom is -0.259 e. The Hall–Kier alpha value is -0.420. The van der Waals surface area contributed by atoms with Crippen LogP contribution in [0.1, 0.15) is 33.3 Å². The Morgan fingerprint density at radius 2 is 2.00 bits per heavy atom. The summed E-state index contributed by atoms with van der Waals surface area (Å²) in [5.74, 6) is 0.473. The van der Waals surface area contributed by atoms with Crippen molar-refractivity contribution in [2.45, 2.75) is 31.8 Å². The van der Waals surface area contributed by atoms with Crippen LogP contribution in [0.3, 0.4) is 0 Å². The fourth-order valence-electron chi connectivity index (χ4n) is 1.76. The predicted molar refractivity (Wildman–Crippen MR) is 88.3 cm³/mol. The highest BCUT2D eigenvalue weighted by Crippen LogP contribution is 2.29. The lowest BCUT2D eigenvalue weighted by Crippen LogP contribution is -2.05. The summed E-state index contributed by atoms with van der Waals surface area (Å²) in [7, 11) is -1.03. The molecular formula is C14H15Cl2NOS2. The normalized spacial score (nSPS) is 14.2. The summed E-state index contributed by atoms with van der Waals surface area (Å²) < 4.78 is 12.4. The van der Waals surface area contributed by atoms with Crippen LogP contribution in [-0.2, 0) is 16.6 Å². The van der Waals surface area contributed by atoms with Gasteiger partial charge in [0.2, 0.25) is 0 Å². The van der Waals surface area contributed by atoms with Crippen LogP contribution in [0.2, 0.25) is 10.0 Å². The van der Waals surface area contributed by atoms with Gasteiger partial charge in [0.25, 0.3) is 0 Å². The summed E-state index contributed by atoms with van der Waals surface area (Å²) in [5, 5.41) is 1.83. The van der Waals surface area contributed by atoms with E-state index in [1.54, 1.807) is 23.5 Å². The first-order chi connectivity index (χ1) is 9.38. The smallest absolute Gasteiger partial charge is 0.106 e. The largest absolute Gasteiger partial charge is 0.259 e. The summed E-state index contributed by atoms with van der Waals surface area (Å²) in [5.41, 5.74) is 1.95. The topological polar surface area (TPSA) is 30.0 Å². The number of benzene rings is 1. The van der Waals surface area contributed by atoms with Crippen LogP contribution in [0, 0.1) is 13.8 Å². The third kappa shape index (κ3) is 3.61. The lowest BCUT2D eigenvalue weighted by molar-refractivity contribution is 0.675. The molecule has 1 aromatic carbocycles. The van der Waals surface area contributed by atoms with Gasteiger partial charge in [-0.15, -0.1) is 11.3 Å². The van der Waals surface area contributed by atoms with Gasteiger partial charge in [-0.05, 0) is 38.5 Å². The van der Waals surface area contributed by atoms with E-state index >= 15 is 0 Å². The van der Waals surface area contributed by atoms with Gasteiger partial charge in [0.05, 0.1) is 26.7 Å². The molecule has 20 heavy (non-hydrogen) atoms. The van der Waals surface area contributed by atoms with Crippen LogP contribution in [0.25, 0.3) is 0 Å². The number of halogens is 2. The van der Waals surface area contributed by atoms with Gasteiger partial charge in [-0.25, -0.2) is 4.98 Å². The van der Waals surface area contributed by atoms with Crippen LogP contribution < -0.4 is 0 Å². The molecule has 0 fully saturated rings. The number of thiazole rings is 1. The van der Waals surface area contributed by atoms with Crippen LogP contribution in [0.4, 0.5) is 0 Å². The molecule has 0 spiro atoms. The second kappa shape index (κ2) is 6.56. The molecule has 0 saturated carbocycles. The van der Waals surface area contributed by atoms with Gasteiger partial charge in [0.15, 0.2) is 0 Å². The Morgan fingerprint density at radius 1 is 1.30 bits per heavy atom. The Morgan fingerprint density at radius 3 is 2.55 bits per heavy atom. The van der Waals surface area contributed by atoms with E-state index in [1.807, 2.05) is 26.8 Å². The molecule has 0 saturated heterocycles. The van der Waals surface area contributed by atoms with Gasteiger partial charge in [-0.1, -0.05) is 29.3 Å². The van der Waals surface area contributed by atoms with Crippen molar-refractivity contribution in [1.82, 2.24) is 4.98 Å². The van der Waals surface area contributed by atoms with Crippen molar-refractivity contribution in [2.24, 2.45) is 0 Å².